The third kappa shape index (κ3) is 5.27. The van der Waals surface area contributed by atoms with E-state index in [2.05, 4.69) is 5.32 Å². The molecular formula is C19H20N2O6. The van der Waals surface area contributed by atoms with Crippen LogP contribution in [0.1, 0.15) is 36.4 Å². The monoisotopic (exact) mass is 372 g/mol. The maximum Gasteiger partial charge on any atom is 0.305 e. The summed E-state index contributed by atoms with van der Waals surface area (Å²) in [7, 11) is 1.55. The van der Waals surface area contributed by atoms with Crippen LogP contribution in [0.25, 0.3) is 0 Å². The second kappa shape index (κ2) is 8.79. The number of amides is 1. The van der Waals surface area contributed by atoms with Gasteiger partial charge in [0, 0.05) is 12.1 Å². The van der Waals surface area contributed by atoms with Crippen molar-refractivity contribution in [3.05, 3.63) is 69.8 Å². The largest absolute Gasteiger partial charge is 0.497 e. The molecule has 2 rings (SSSR count). The summed E-state index contributed by atoms with van der Waals surface area (Å²) in [6.07, 6.45) is -0.334. The van der Waals surface area contributed by atoms with E-state index in [4.69, 9.17) is 9.84 Å². The number of carbonyl (C=O) groups is 2. The fraction of sp³-hybridized carbons (Fsp3) is 0.263. The van der Waals surface area contributed by atoms with Gasteiger partial charge in [0.15, 0.2) is 0 Å². The molecule has 0 aliphatic carbocycles. The van der Waals surface area contributed by atoms with Gasteiger partial charge in [-0.3, -0.25) is 19.7 Å². The number of benzene rings is 2. The van der Waals surface area contributed by atoms with Crippen molar-refractivity contribution < 1.29 is 24.4 Å². The standard InChI is InChI=1S/C19H20N2O6/c1-12(13-5-9-16(27-2)10-6-13)19(24)20-17(11-18(22)23)14-3-7-15(8-4-14)21(25)26/h3-10,12,17H,11H2,1-2H3,(H,20,24)(H,22,23). The third-order valence-corrected chi connectivity index (χ3v) is 4.21. The molecule has 0 saturated carbocycles. The van der Waals surface area contributed by atoms with Gasteiger partial charge in [-0.25, -0.2) is 0 Å². The Labute approximate surface area is 155 Å². The Morgan fingerprint density at radius 2 is 1.67 bits per heavy atom. The van der Waals surface area contributed by atoms with E-state index >= 15 is 0 Å². The van der Waals surface area contributed by atoms with Crippen LogP contribution in [0, 0.1) is 10.1 Å². The van der Waals surface area contributed by atoms with E-state index in [-0.39, 0.29) is 18.0 Å². The molecule has 2 aromatic carbocycles. The molecule has 0 spiro atoms. The maximum absolute atomic E-state index is 12.6. The Morgan fingerprint density at radius 1 is 1.11 bits per heavy atom. The number of hydrogen-bond donors (Lipinski definition) is 2. The number of non-ortho nitro benzene ring substituents is 1. The molecule has 0 radical (unpaired) electrons. The Bertz CT molecular complexity index is 817. The summed E-state index contributed by atoms with van der Waals surface area (Å²) >= 11 is 0. The van der Waals surface area contributed by atoms with Gasteiger partial charge in [0.25, 0.3) is 5.69 Å². The molecule has 0 heterocycles. The fourth-order valence-corrected chi connectivity index (χ4v) is 2.60. The lowest BCUT2D eigenvalue weighted by atomic mass is 9.98. The molecule has 0 saturated heterocycles. The smallest absolute Gasteiger partial charge is 0.305 e. The summed E-state index contributed by atoms with van der Waals surface area (Å²) in [4.78, 5) is 34.0. The lowest BCUT2D eigenvalue weighted by Crippen LogP contribution is -2.33. The van der Waals surface area contributed by atoms with Crippen LogP contribution in [-0.2, 0) is 9.59 Å². The van der Waals surface area contributed by atoms with Crippen molar-refractivity contribution in [3.8, 4) is 5.75 Å². The minimum atomic E-state index is -1.09. The zero-order chi connectivity index (χ0) is 20.0. The summed E-state index contributed by atoms with van der Waals surface area (Å²) in [6.45, 7) is 1.71. The van der Waals surface area contributed by atoms with Gasteiger partial charge in [0.2, 0.25) is 5.91 Å². The maximum atomic E-state index is 12.6. The SMILES string of the molecule is COc1ccc(C(C)C(=O)NC(CC(=O)O)c2ccc([N+](=O)[O-])cc2)cc1. The van der Waals surface area contributed by atoms with E-state index in [1.165, 1.54) is 24.3 Å². The van der Waals surface area contributed by atoms with Crippen LogP contribution in [0.15, 0.2) is 48.5 Å². The van der Waals surface area contributed by atoms with Crippen molar-refractivity contribution >= 4 is 17.6 Å². The highest BCUT2D eigenvalue weighted by Gasteiger charge is 2.23. The molecule has 2 atom stereocenters. The van der Waals surface area contributed by atoms with Gasteiger partial charge in [-0.15, -0.1) is 0 Å². The second-order valence-corrected chi connectivity index (χ2v) is 6.00. The number of ether oxygens (including phenoxy) is 1. The first-order valence-electron chi connectivity index (χ1n) is 8.22. The Balaban J connectivity index is 2.17. The Hall–Kier alpha value is -3.42. The fourth-order valence-electron chi connectivity index (χ4n) is 2.60. The molecule has 8 heteroatoms. The van der Waals surface area contributed by atoms with Crippen LogP contribution in [0.2, 0.25) is 0 Å². The highest BCUT2D eigenvalue weighted by atomic mass is 16.6. The number of methoxy groups -OCH3 is 1. The molecule has 0 aromatic heterocycles. The zero-order valence-corrected chi connectivity index (χ0v) is 14.9. The minimum absolute atomic E-state index is 0.106. The van der Waals surface area contributed by atoms with Crippen molar-refractivity contribution in [1.82, 2.24) is 5.32 Å². The van der Waals surface area contributed by atoms with Gasteiger partial charge in [-0.2, -0.15) is 0 Å². The molecule has 0 fully saturated rings. The predicted octanol–water partition coefficient (Wildman–Crippen LogP) is 3.04. The second-order valence-electron chi connectivity index (χ2n) is 6.00. The third-order valence-electron chi connectivity index (χ3n) is 4.21. The minimum Gasteiger partial charge on any atom is -0.497 e. The zero-order valence-electron chi connectivity index (χ0n) is 14.9. The number of aliphatic carboxylic acids is 1. The van der Waals surface area contributed by atoms with Gasteiger partial charge in [0.05, 0.1) is 30.4 Å². The van der Waals surface area contributed by atoms with Gasteiger partial charge < -0.3 is 15.2 Å². The van der Waals surface area contributed by atoms with Crippen molar-refractivity contribution in [1.29, 1.82) is 0 Å². The quantitative estimate of drug-likeness (QED) is 0.543. The number of carboxylic acids is 1. The first kappa shape index (κ1) is 19.9. The van der Waals surface area contributed by atoms with E-state index in [0.717, 1.165) is 5.56 Å². The predicted molar refractivity (Wildman–Crippen MR) is 97.6 cm³/mol. The summed E-state index contributed by atoms with van der Waals surface area (Å²) in [6, 6.07) is 11.7. The average molecular weight is 372 g/mol. The first-order valence-corrected chi connectivity index (χ1v) is 8.22. The number of nitro groups is 1. The van der Waals surface area contributed by atoms with Crippen molar-refractivity contribution in [2.45, 2.75) is 25.3 Å². The van der Waals surface area contributed by atoms with Gasteiger partial charge in [-0.1, -0.05) is 24.3 Å². The number of hydrogen-bond acceptors (Lipinski definition) is 5. The number of nitrogens with zero attached hydrogens (tertiary/aromatic N) is 1. The molecule has 2 aromatic rings. The van der Waals surface area contributed by atoms with E-state index in [0.29, 0.717) is 11.3 Å². The molecule has 1 amide bonds. The Morgan fingerprint density at radius 3 is 2.15 bits per heavy atom. The number of nitro benzene ring substituents is 1. The number of carbonyl (C=O) groups excluding carboxylic acids is 1. The molecular weight excluding hydrogens is 352 g/mol. The molecule has 8 nitrogen and oxygen atoms in total. The van der Waals surface area contributed by atoms with Crippen LogP contribution in [-0.4, -0.2) is 29.0 Å². The molecule has 0 aliphatic rings. The summed E-state index contributed by atoms with van der Waals surface area (Å²) < 4.78 is 5.09. The first-order chi connectivity index (χ1) is 12.8. The van der Waals surface area contributed by atoms with E-state index < -0.39 is 22.9 Å². The molecule has 142 valence electrons. The van der Waals surface area contributed by atoms with Crippen LogP contribution in [0.5, 0.6) is 5.75 Å². The topological polar surface area (TPSA) is 119 Å². The summed E-state index contributed by atoms with van der Waals surface area (Å²) in [5.74, 6) is -1.27. The van der Waals surface area contributed by atoms with Crippen LogP contribution in [0.4, 0.5) is 5.69 Å². The van der Waals surface area contributed by atoms with Crippen molar-refractivity contribution in [3.63, 3.8) is 0 Å². The van der Waals surface area contributed by atoms with E-state index in [1.807, 2.05) is 0 Å². The molecule has 0 aliphatic heterocycles. The van der Waals surface area contributed by atoms with Crippen LogP contribution >= 0.6 is 0 Å². The summed E-state index contributed by atoms with van der Waals surface area (Å²) in [5.41, 5.74) is 1.13. The van der Waals surface area contributed by atoms with Crippen LogP contribution < -0.4 is 10.1 Å². The van der Waals surface area contributed by atoms with Gasteiger partial charge >= 0.3 is 5.97 Å². The van der Waals surface area contributed by atoms with Gasteiger partial charge in [-0.05, 0) is 30.2 Å². The molecule has 27 heavy (non-hydrogen) atoms. The summed E-state index contributed by atoms with van der Waals surface area (Å²) in [5, 5.41) is 22.6. The van der Waals surface area contributed by atoms with Crippen molar-refractivity contribution in [2.24, 2.45) is 0 Å². The highest BCUT2D eigenvalue weighted by molar-refractivity contribution is 5.84. The molecule has 0 bridgehead atoms. The van der Waals surface area contributed by atoms with E-state index in [1.54, 1.807) is 38.3 Å². The molecule has 2 N–H and O–H groups in total. The van der Waals surface area contributed by atoms with Crippen molar-refractivity contribution in [2.75, 3.05) is 7.11 Å². The number of carboxylic acid groups (broad SMARTS) is 1. The lowest BCUT2D eigenvalue weighted by Gasteiger charge is -2.20. The van der Waals surface area contributed by atoms with Gasteiger partial charge in [0.1, 0.15) is 5.75 Å². The average Bonchev–Trinajstić information content (AvgIpc) is 2.66. The number of rotatable bonds is 8. The van der Waals surface area contributed by atoms with E-state index in [9.17, 15) is 19.7 Å². The highest BCUT2D eigenvalue weighted by Crippen LogP contribution is 2.24. The normalized spacial score (nSPS) is 12.7. The lowest BCUT2D eigenvalue weighted by molar-refractivity contribution is -0.384. The van der Waals surface area contributed by atoms with Crippen LogP contribution in [0.3, 0.4) is 0 Å². The molecule has 2 unspecified atom stereocenters. The Kier molecular flexibility index (Phi) is 6.48. The number of nitrogens with one attached hydrogen (secondary N) is 1.